The first-order chi connectivity index (χ1) is 15.8. The number of amides is 1. The fraction of sp³-hybridized carbons (Fsp3) is 0.591. The van der Waals surface area contributed by atoms with Gasteiger partial charge in [0.05, 0.1) is 6.61 Å². The number of sulfonamides is 1. The Bertz CT molecular complexity index is 1270. The summed E-state index contributed by atoms with van der Waals surface area (Å²) in [5.74, 6) is 0.251. The second kappa shape index (κ2) is 8.52. The lowest BCUT2D eigenvalue weighted by molar-refractivity contribution is -0.117. The number of carbonyl (C=O) groups is 1. The molecule has 1 aromatic heterocycles. The van der Waals surface area contributed by atoms with Gasteiger partial charge >= 0.3 is 0 Å². The molecular formula is C22H27N3O6S2. The maximum Gasteiger partial charge on any atom is 0.272 e. The van der Waals surface area contributed by atoms with Crippen molar-refractivity contribution in [2.45, 2.75) is 62.8 Å². The maximum atomic E-state index is 13.3. The highest BCUT2D eigenvalue weighted by atomic mass is 32.2. The van der Waals surface area contributed by atoms with Crippen LogP contribution in [0.5, 0.6) is 5.75 Å². The lowest BCUT2D eigenvalue weighted by atomic mass is 9.93. The Balaban J connectivity index is 1.43. The van der Waals surface area contributed by atoms with E-state index in [0.717, 1.165) is 30.6 Å². The number of fused-ring (bicyclic) bond motifs is 1. The SMILES string of the molecule is CCOc1c(NC2CCc3sc(NC(=O)C4CC4)c(S(=O)(=O)NCC4CC4)c3C2)c(=O)c1=O. The molecule has 0 aliphatic heterocycles. The predicted octanol–water partition coefficient (Wildman–Crippen LogP) is 1.75. The minimum atomic E-state index is -3.82. The topological polar surface area (TPSA) is 131 Å². The zero-order valence-corrected chi connectivity index (χ0v) is 20.0. The van der Waals surface area contributed by atoms with Gasteiger partial charge in [-0.2, -0.15) is 0 Å². The summed E-state index contributed by atoms with van der Waals surface area (Å²) in [5, 5.41) is 6.36. The highest BCUT2D eigenvalue weighted by Gasteiger charge is 2.37. The molecule has 1 amide bonds. The van der Waals surface area contributed by atoms with Crippen LogP contribution in [-0.2, 0) is 27.7 Å². The van der Waals surface area contributed by atoms with E-state index in [4.69, 9.17) is 4.74 Å². The zero-order chi connectivity index (χ0) is 23.3. The van der Waals surface area contributed by atoms with E-state index in [-0.39, 0.29) is 40.8 Å². The van der Waals surface area contributed by atoms with Gasteiger partial charge in [-0.1, -0.05) is 0 Å². The molecule has 1 heterocycles. The van der Waals surface area contributed by atoms with Crippen LogP contribution < -0.4 is 31.0 Å². The van der Waals surface area contributed by atoms with Crippen LogP contribution in [0.3, 0.4) is 0 Å². The van der Waals surface area contributed by atoms with Gasteiger partial charge in [0.1, 0.15) is 15.6 Å². The quantitative estimate of drug-likeness (QED) is 0.430. The number of rotatable bonds is 10. The zero-order valence-electron chi connectivity index (χ0n) is 18.4. The molecule has 3 aliphatic rings. The Morgan fingerprint density at radius 3 is 2.55 bits per heavy atom. The van der Waals surface area contributed by atoms with Crippen molar-refractivity contribution in [3.8, 4) is 5.75 Å². The number of carbonyl (C=O) groups excluding carboxylic acids is 1. The summed E-state index contributed by atoms with van der Waals surface area (Å²) in [7, 11) is -3.82. The van der Waals surface area contributed by atoms with Gasteiger partial charge in [-0.25, -0.2) is 13.1 Å². The molecule has 2 aromatic rings. The summed E-state index contributed by atoms with van der Waals surface area (Å²) >= 11 is 1.33. The van der Waals surface area contributed by atoms with Crippen LogP contribution in [0.4, 0.5) is 10.7 Å². The molecule has 11 heteroatoms. The van der Waals surface area contributed by atoms with Crippen molar-refractivity contribution < 1.29 is 17.9 Å². The number of thiophene rings is 1. The van der Waals surface area contributed by atoms with Crippen molar-refractivity contribution in [1.29, 1.82) is 0 Å². The summed E-state index contributed by atoms with van der Waals surface area (Å²) in [6.07, 6.45) is 5.35. The molecule has 0 spiro atoms. The third kappa shape index (κ3) is 4.45. The molecule has 1 atom stereocenters. The van der Waals surface area contributed by atoms with Crippen molar-refractivity contribution in [2.24, 2.45) is 11.8 Å². The van der Waals surface area contributed by atoms with Crippen molar-refractivity contribution in [3.05, 3.63) is 30.9 Å². The smallest absolute Gasteiger partial charge is 0.272 e. The normalized spacial score (nSPS) is 20.5. The van der Waals surface area contributed by atoms with E-state index in [2.05, 4.69) is 15.4 Å². The Hall–Kier alpha value is -2.24. The summed E-state index contributed by atoms with van der Waals surface area (Å²) in [6, 6.07) is -0.223. The van der Waals surface area contributed by atoms with Gasteiger partial charge in [-0.05, 0) is 63.4 Å². The molecule has 3 aliphatic carbocycles. The van der Waals surface area contributed by atoms with Gasteiger partial charge in [0.2, 0.25) is 15.9 Å². The molecule has 0 bridgehead atoms. The molecule has 1 unspecified atom stereocenters. The molecule has 2 saturated carbocycles. The number of hydrogen-bond acceptors (Lipinski definition) is 8. The highest BCUT2D eigenvalue weighted by Crippen LogP contribution is 2.43. The first kappa shape index (κ1) is 22.5. The summed E-state index contributed by atoms with van der Waals surface area (Å²) in [4.78, 5) is 37.4. The summed E-state index contributed by atoms with van der Waals surface area (Å²) < 4.78 is 34.6. The largest absolute Gasteiger partial charge is 0.488 e. The van der Waals surface area contributed by atoms with Gasteiger partial charge in [-0.3, -0.25) is 14.4 Å². The first-order valence-corrected chi connectivity index (χ1v) is 13.8. The summed E-state index contributed by atoms with van der Waals surface area (Å²) in [5.41, 5.74) is -0.395. The number of hydrogen-bond donors (Lipinski definition) is 3. The average Bonchev–Trinajstić information content (AvgIpc) is 3.70. The van der Waals surface area contributed by atoms with E-state index in [1.807, 2.05) is 0 Å². The lowest BCUT2D eigenvalue weighted by Crippen LogP contribution is -2.40. The number of ether oxygens (including phenoxy) is 1. The molecule has 9 nitrogen and oxygen atoms in total. The average molecular weight is 494 g/mol. The van der Waals surface area contributed by atoms with Crippen LogP contribution in [0, 0.1) is 11.8 Å². The summed E-state index contributed by atoms with van der Waals surface area (Å²) in [6.45, 7) is 2.41. The van der Waals surface area contributed by atoms with Gasteiger partial charge in [0.25, 0.3) is 10.9 Å². The molecule has 0 saturated heterocycles. The minimum Gasteiger partial charge on any atom is -0.488 e. The predicted molar refractivity (Wildman–Crippen MR) is 126 cm³/mol. The molecular weight excluding hydrogens is 466 g/mol. The molecule has 3 N–H and O–H groups in total. The number of aryl methyl sites for hydroxylation is 1. The van der Waals surface area contributed by atoms with Crippen molar-refractivity contribution in [3.63, 3.8) is 0 Å². The fourth-order valence-corrected chi connectivity index (χ4v) is 7.30. The standard InChI is InChI=1S/C22H27N3O6S2/c1-2-31-19-16(17(26)18(19)27)24-13-7-8-15-14(9-13)20(33(29,30)23-10-11-3-4-11)22(32-15)25-21(28)12-5-6-12/h11-13,23-24H,2-10H2,1H3,(H,25,28). The third-order valence-corrected chi connectivity index (χ3v) is 9.30. The van der Waals surface area contributed by atoms with Crippen molar-refractivity contribution in [2.75, 3.05) is 23.8 Å². The molecule has 33 heavy (non-hydrogen) atoms. The Labute approximate surface area is 195 Å². The van der Waals surface area contributed by atoms with Gasteiger partial charge in [-0.15, -0.1) is 11.3 Å². The van der Waals surface area contributed by atoms with Crippen LogP contribution >= 0.6 is 11.3 Å². The second-order valence-corrected chi connectivity index (χ2v) is 11.9. The van der Waals surface area contributed by atoms with Gasteiger partial charge in [0.15, 0.2) is 5.75 Å². The van der Waals surface area contributed by atoms with Gasteiger partial charge in [0, 0.05) is 23.4 Å². The van der Waals surface area contributed by atoms with Gasteiger partial charge < -0.3 is 15.4 Å². The van der Waals surface area contributed by atoms with E-state index in [0.29, 0.717) is 42.3 Å². The molecule has 1 aromatic carbocycles. The molecule has 178 valence electrons. The highest BCUT2D eigenvalue weighted by molar-refractivity contribution is 7.90. The van der Waals surface area contributed by atoms with Crippen LogP contribution in [0.15, 0.2) is 14.5 Å². The van der Waals surface area contributed by atoms with Crippen LogP contribution in [-0.4, -0.2) is 33.5 Å². The number of nitrogens with one attached hydrogen (secondary N) is 3. The van der Waals surface area contributed by atoms with Crippen molar-refractivity contribution in [1.82, 2.24) is 4.72 Å². The van der Waals surface area contributed by atoms with Crippen molar-refractivity contribution >= 4 is 38.0 Å². The van der Waals surface area contributed by atoms with Crippen LogP contribution in [0.2, 0.25) is 0 Å². The molecule has 5 rings (SSSR count). The lowest BCUT2D eigenvalue weighted by Gasteiger charge is -2.26. The van der Waals surface area contributed by atoms with Crippen LogP contribution in [0.1, 0.15) is 49.5 Å². The Morgan fingerprint density at radius 2 is 1.88 bits per heavy atom. The van der Waals surface area contributed by atoms with E-state index in [9.17, 15) is 22.8 Å². The fourth-order valence-electron chi connectivity index (χ4n) is 4.22. The minimum absolute atomic E-state index is 0.0420. The first-order valence-electron chi connectivity index (χ1n) is 11.5. The van der Waals surface area contributed by atoms with E-state index in [1.165, 1.54) is 11.3 Å². The number of anilines is 2. The second-order valence-electron chi connectivity index (χ2n) is 9.10. The van der Waals surface area contributed by atoms with E-state index < -0.39 is 20.9 Å². The molecule has 2 fully saturated rings. The Kier molecular flexibility index (Phi) is 5.82. The van der Waals surface area contributed by atoms with E-state index in [1.54, 1.807) is 6.92 Å². The maximum absolute atomic E-state index is 13.3. The Morgan fingerprint density at radius 1 is 1.12 bits per heavy atom. The van der Waals surface area contributed by atoms with E-state index >= 15 is 0 Å². The third-order valence-electron chi connectivity index (χ3n) is 6.43. The van der Waals surface area contributed by atoms with Crippen LogP contribution in [0.25, 0.3) is 0 Å². The molecule has 0 radical (unpaired) electrons. The monoisotopic (exact) mass is 493 g/mol.